The first kappa shape index (κ1) is 36.2. The van der Waals surface area contributed by atoms with E-state index in [2.05, 4.69) is 15.4 Å². The van der Waals surface area contributed by atoms with Crippen molar-refractivity contribution in [1.82, 2.24) is 25.2 Å². The minimum Gasteiger partial charge on any atom is -0.444 e. The summed E-state index contributed by atoms with van der Waals surface area (Å²) in [5.41, 5.74) is 0.657. The van der Waals surface area contributed by atoms with Crippen LogP contribution in [0, 0.1) is 5.92 Å². The van der Waals surface area contributed by atoms with Gasteiger partial charge in [0.05, 0.1) is 25.0 Å². The summed E-state index contributed by atoms with van der Waals surface area (Å²) in [7, 11) is -3.90. The van der Waals surface area contributed by atoms with Gasteiger partial charge in [0.15, 0.2) is 0 Å². The third-order valence-electron chi connectivity index (χ3n) is 11.0. The second-order valence-corrected chi connectivity index (χ2v) is 16.7. The van der Waals surface area contributed by atoms with Crippen LogP contribution in [-0.2, 0) is 51.6 Å². The molecule has 15 nitrogen and oxygen atoms in total. The van der Waals surface area contributed by atoms with E-state index in [-0.39, 0.29) is 32.4 Å². The molecule has 0 spiro atoms. The number of fused-ring (bicyclic) bond motifs is 3. The first-order chi connectivity index (χ1) is 25.0. The molecule has 1 unspecified atom stereocenters. The van der Waals surface area contributed by atoms with Crippen LogP contribution in [0.25, 0.3) is 0 Å². The summed E-state index contributed by atoms with van der Waals surface area (Å²) in [4.78, 5) is 71.5. The van der Waals surface area contributed by atoms with E-state index in [0.29, 0.717) is 58.2 Å². The minimum atomic E-state index is -3.90. The van der Waals surface area contributed by atoms with E-state index >= 15 is 0 Å². The quantitative estimate of drug-likeness (QED) is 0.364. The van der Waals surface area contributed by atoms with Gasteiger partial charge in [-0.15, -0.1) is 0 Å². The van der Waals surface area contributed by atoms with Crippen molar-refractivity contribution >= 4 is 39.9 Å². The highest BCUT2D eigenvalue weighted by Crippen LogP contribution is 2.46. The molecule has 2 saturated heterocycles. The minimum absolute atomic E-state index is 0.0527. The monoisotopic (exact) mass is 741 g/mol. The van der Waals surface area contributed by atoms with E-state index < -0.39 is 80.9 Å². The van der Waals surface area contributed by atoms with Crippen LogP contribution in [-0.4, -0.2) is 110 Å². The molecule has 1 aromatic carbocycles. The molecule has 4 aliphatic heterocycles. The van der Waals surface area contributed by atoms with Crippen molar-refractivity contribution in [2.75, 3.05) is 26.3 Å². The molecule has 5 amide bonds. The number of allylic oxidation sites excluding steroid dienone is 1. The van der Waals surface area contributed by atoms with Crippen molar-refractivity contribution in [3.63, 3.8) is 0 Å². The molecule has 7 rings (SSSR count). The fourth-order valence-corrected chi connectivity index (χ4v) is 9.01. The van der Waals surface area contributed by atoms with Gasteiger partial charge < -0.3 is 34.6 Å². The Morgan fingerprint density at radius 1 is 0.981 bits per heavy atom. The molecule has 0 aromatic heterocycles. The molecular formula is C36H47N5O10S. The van der Waals surface area contributed by atoms with Crippen LogP contribution in [0.3, 0.4) is 0 Å². The van der Waals surface area contributed by atoms with Crippen LogP contribution in [0.2, 0.25) is 0 Å². The molecular weight excluding hydrogens is 694 g/mol. The Labute approximate surface area is 303 Å². The Bertz CT molecular complexity index is 1710. The Kier molecular flexibility index (Phi) is 10.5. The van der Waals surface area contributed by atoms with E-state index in [0.717, 1.165) is 24.0 Å². The fourth-order valence-electron chi connectivity index (χ4n) is 7.65. The maximum absolute atomic E-state index is 14.4. The fraction of sp³-hybridized carbons (Fsp3) is 0.639. The van der Waals surface area contributed by atoms with Crippen molar-refractivity contribution in [2.45, 2.75) is 112 Å². The first-order valence-electron chi connectivity index (χ1n) is 18.4. The van der Waals surface area contributed by atoms with Gasteiger partial charge in [-0.2, -0.15) is 0 Å². The largest absolute Gasteiger partial charge is 0.444 e. The van der Waals surface area contributed by atoms with Gasteiger partial charge in [0.2, 0.25) is 21.8 Å². The van der Waals surface area contributed by atoms with E-state index in [9.17, 15) is 32.4 Å². The number of hydrogen-bond acceptors (Lipinski definition) is 10. The zero-order valence-electron chi connectivity index (χ0n) is 29.1. The van der Waals surface area contributed by atoms with Gasteiger partial charge in [-0.3, -0.25) is 19.1 Å². The number of hydrogen-bond donors (Lipinski definition) is 3. The van der Waals surface area contributed by atoms with Gasteiger partial charge in [-0.05, 0) is 56.1 Å². The lowest BCUT2D eigenvalue weighted by atomic mass is 10.0. The number of nitrogens with zero attached hydrogens (tertiary/aromatic N) is 2. The third kappa shape index (κ3) is 8.07. The number of ether oxygens (including phenoxy) is 3. The normalized spacial score (nSPS) is 31.4. The van der Waals surface area contributed by atoms with Crippen LogP contribution < -0.4 is 15.4 Å². The molecule has 52 heavy (non-hydrogen) atoms. The van der Waals surface area contributed by atoms with Gasteiger partial charge in [-0.1, -0.05) is 49.3 Å². The van der Waals surface area contributed by atoms with Crippen molar-refractivity contribution in [3.05, 3.63) is 47.5 Å². The van der Waals surface area contributed by atoms with Crippen molar-refractivity contribution in [2.24, 2.45) is 5.92 Å². The lowest BCUT2D eigenvalue weighted by Crippen LogP contribution is -2.58. The van der Waals surface area contributed by atoms with Gasteiger partial charge in [-0.25, -0.2) is 18.0 Å². The number of nitrogens with one attached hydrogen (secondary N) is 3. The van der Waals surface area contributed by atoms with Crippen molar-refractivity contribution in [1.29, 1.82) is 0 Å². The lowest BCUT2D eigenvalue weighted by Gasteiger charge is -2.30. The molecule has 6 aliphatic rings. The predicted octanol–water partition coefficient (Wildman–Crippen LogP) is 2.04. The zero-order chi connectivity index (χ0) is 36.5. The Hall–Kier alpha value is -4.18. The average molecular weight is 742 g/mol. The van der Waals surface area contributed by atoms with Crippen LogP contribution in [0.5, 0.6) is 0 Å². The van der Waals surface area contributed by atoms with E-state index in [1.54, 1.807) is 4.90 Å². The highest BCUT2D eigenvalue weighted by atomic mass is 32.2. The van der Waals surface area contributed by atoms with Gasteiger partial charge in [0, 0.05) is 31.8 Å². The Morgan fingerprint density at radius 2 is 1.79 bits per heavy atom. The second-order valence-electron chi connectivity index (χ2n) is 14.8. The van der Waals surface area contributed by atoms with Crippen LogP contribution in [0.15, 0.2) is 36.4 Å². The van der Waals surface area contributed by atoms with Gasteiger partial charge >= 0.3 is 12.2 Å². The highest BCUT2D eigenvalue weighted by molar-refractivity contribution is 7.91. The van der Waals surface area contributed by atoms with Crippen LogP contribution >= 0.6 is 0 Å². The topological polar surface area (TPSA) is 190 Å². The Balaban J connectivity index is 1.12. The number of sulfonamides is 1. The molecule has 2 saturated carbocycles. The number of benzene rings is 1. The molecule has 0 radical (unpaired) electrons. The highest BCUT2D eigenvalue weighted by Gasteiger charge is 2.62. The van der Waals surface area contributed by atoms with E-state index in [1.807, 2.05) is 36.4 Å². The summed E-state index contributed by atoms with van der Waals surface area (Å²) >= 11 is 0. The summed E-state index contributed by atoms with van der Waals surface area (Å²) in [5, 5.41) is 4.91. The summed E-state index contributed by atoms with van der Waals surface area (Å²) < 4.78 is 44.5. The number of carbonyl (C=O) groups is 5. The number of rotatable bonds is 6. The SMILES string of the molecule is O=C(N[C@H]1CCCCC/C=C/[C@@H]2C[C@@]2(C(=O)NS(=O)(=O)C2CC2)NC(=O)[C@@H]2C[C@@H](OC(=O)N3CCc4ccccc4C3)CN2C1=O)OC1CCOC1. The maximum Gasteiger partial charge on any atom is 0.410 e. The van der Waals surface area contributed by atoms with Crippen LogP contribution in [0.4, 0.5) is 9.59 Å². The molecule has 0 bridgehead atoms. The summed E-state index contributed by atoms with van der Waals surface area (Å²) in [6.45, 7) is 1.43. The van der Waals surface area contributed by atoms with Crippen LogP contribution in [0.1, 0.15) is 75.3 Å². The van der Waals surface area contributed by atoms with E-state index in [1.165, 1.54) is 4.90 Å². The molecule has 1 aromatic rings. The van der Waals surface area contributed by atoms with Gasteiger partial charge in [0.1, 0.15) is 29.8 Å². The van der Waals surface area contributed by atoms with Gasteiger partial charge in [0.25, 0.3) is 5.91 Å². The smallest absolute Gasteiger partial charge is 0.410 e. The summed E-state index contributed by atoms with van der Waals surface area (Å²) in [5.74, 6) is -2.47. The van der Waals surface area contributed by atoms with Crippen molar-refractivity contribution < 1.29 is 46.6 Å². The molecule has 2 aliphatic carbocycles. The number of carbonyl (C=O) groups excluding carboxylic acids is 5. The molecule has 16 heteroatoms. The number of amides is 5. The predicted molar refractivity (Wildman–Crippen MR) is 185 cm³/mol. The van der Waals surface area contributed by atoms with Crippen molar-refractivity contribution in [3.8, 4) is 0 Å². The molecule has 6 atom stereocenters. The van der Waals surface area contributed by atoms with E-state index in [4.69, 9.17) is 14.2 Å². The maximum atomic E-state index is 14.4. The average Bonchev–Trinajstić information content (AvgIpc) is 4.00. The molecule has 4 fully saturated rings. The first-order valence-corrected chi connectivity index (χ1v) is 20.0. The third-order valence-corrected chi connectivity index (χ3v) is 12.8. The lowest BCUT2D eigenvalue weighted by molar-refractivity contribution is -0.141. The number of alkyl carbamates (subject to hydrolysis) is 1. The molecule has 3 N–H and O–H groups in total. The standard InChI is InChI=1S/C36H47N5O10S/c42-31-30-18-27(51-35(46)40-16-14-23-8-6-7-9-24(23)20-40)21-41(30)32(43)29(37-34(45)50-26-15-17-49-22-26)11-5-3-1-2-4-10-25-19-36(25,38-31)33(44)39-52(47,48)28-12-13-28/h4,6-10,25-30H,1-3,5,11-22H2,(H,37,45)(H,38,42)(H,39,44)/b10-4+/t25-,26?,27-,29+,30+,36-/m1/s1. The Morgan fingerprint density at radius 3 is 2.56 bits per heavy atom. The molecule has 4 heterocycles. The summed E-state index contributed by atoms with van der Waals surface area (Å²) in [6.07, 6.45) is 6.52. The zero-order valence-corrected chi connectivity index (χ0v) is 29.9. The summed E-state index contributed by atoms with van der Waals surface area (Å²) in [6, 6.07) is 5.66. The molecule has 282 valence electrons. The second kappa shape index (κ2) is 15.0.